The van der Waals surface area contributed by atoms with E-state index in [1.54, 1.807) is 0 Å². The van der Waals surface area contributed by atoms with Gasteiger partial charge in [-0.1, -0.05) is 0 Å². The minimum atomic E-state index is -1.50. The lowest BCUT2D eigenvalue weighted by Gasteiger charge is -2.46. The molecular formula is C23H47N5O14. The zero-order valence-corrected chi connectivity index (χ0v) is 23.0. The second kappa shape index (κ2) is 16.0. The molecule has 0 aromatic carbocycles. The molecule has 0 bridgehead atoms. The fourth-order valence-corrected chi connectivity index (χ4v) is 5.20. The van der Waals surface area contributed by atoms with Gasteiger partial charge in [-0.25, -0.2) is 0 Å². The van der Waals surface area contributed by atoms with Crippen molar-refractivity contribution in [2.75, 3.05) is 33.2 Å². The standard InChI is InChI=1S/C23H47N5O14/c24-2-9-16(33)18(35)13(27)22(39-9)40-11(4-30)10(3-29)37-6-38-21-15(32)7(25)1-8(26)20(21)42-23-14(28)19(36)17(34)12(5-31)41-23/h7-23,29-36H,1-6,24-28H2/t7-,8?,9?,10-,11?,12?,13?,14?,15?,16-,17-,18?,19?,20-,21?,22-,23-/m1/s1. The van der Waals surface area contributed by atoms with Gasteiger partial charge in [-0.15, -0.1) is 0 Å². The zero-order chi connectivity index (χ0) is 31.3. The first-order valence-corrected chi connectivity index (χ1v) is 13.7. The second-order valence-electron chi connectivity index (χ2n) is 10.8. The molecule has 2 heterocycles. The molecule has 0 aromatic heterocycles. The third-order valence-corrected chi connectivity index (χ3v) is 7.89. The van der Waals surface area contributed by atoms with Gasteiger partial charge in [0.05, 0.1) is 38.0 Å². The van der Waals surface area contributed by atoms with Crippen molar-refractivity contribution in [1.29, 1.82) is 0 Å². The molecule has 10 unspecified atom stereocenters. The van der Waals surface area contributed by atoms with E-state index in [0.717, 1.165) is 0 Å². The Labute approximate surface area is 241 Å². The lowest BCUT2D eigenvalue weighted by molar-refractivity contribution is -0.306. The summed E-state index contributed by atoms with van der Waals surface area (Å²) in [6.07, 6.45) is -16.7. The van der Waals surface area contributed by atoms with Crippen LogP contribution in [-0.4, -0.2) is 178 Å². The first-order valence-electron chi connectivity index (χ1n) is 13.7. The van der Waals surface area contributed by atoms with Crippen molar-refractivity contribution in [3.8, 4) is 0 Å². The van der Waals surface area contributed by atoms with Gasteiger partial charge >= 0.3 is 0 Å². The Morgan fingerprint density at radius 2 is 1.26 bits per heavy atom. The molecule has 18 N–H and O–H groups in total. The molecule has 3 rings (SSSR count). The summed E-state index contributed by atoms with van der Waals surface area (Å²) in [5.74, 6) is 0. The number of aliphatic hydroxyl groups excluding tert-OH is 8. The molecule has 3 fully saturated rings. The predicted octanol–water partition coefficient (Wildman–Crippen LogP) is -8.61. The molecule has 0 amide bonds. The van der Waals surface area contributed by atoms with Crippen LogP contribution in [0.3, 0.4) is 0 Å². The van der Waals surface area contributed by atoms with Crippen molar-refractivity contribution in [3.05, 3.63) is 0 Å². The molecule has 2 saturated heterocycles. The minimum absolute atomic E-state index is 0.106. The van der Waals surface area contributed by atoms with E-state index >= 15 is 0 Å². The van der Waals surface area contributed by atoms with Crippen molar-refractivity contribution in [3.63, 3.8) is 0 Å². The highest BCUT2D eigenvalue weighted by Gasteiger charge is 2.49. The highest BCUT2D eigenvalue weighted by atomic mass is 16.7. The molecule has 42 heavy (non-hydrogen) atoms. The van der Waals surface area contributed by atoms with Gasteiger partial charge in [0.2, 0.25) is 0 Å². The van der Waals surface area contributed by atoms with Crippen LogP contribution in [0, 0.1) is 0 Å². The molecule has 1 aliphatic carbocycles. The summed E-state index contributed by atoms with van der Waals surface area (Å²) in [6, 6.07) is -4.10. The maximum atomic E-state index is 10.8. The van der Waals surface area contributed by atoms with E-state index in [1.165, 1.54) is 0 Å². The summed E-state index contributed by atoms with van der Waals surface area (Å²) < 4.78 is 33.9. The third-order valence-electron chi connectivity index (χ3n) is 7.89. The van der Waals surface area contributed by atoms with Gasteiger partial charge in [-0.2, -0.15) is 0 Å². The summed E-state index contributed by atoms with van der Waals surface area (Å²) in [5.41, 5.74) is 29.7. The zero-order valence-electron chi connectivity index (χ0n) is 23.0. The number of hydrogen-bond acceptors (Lipinski definition) is 19. The molecular weight excluding hydrogens is 570 g/mol. The topological polar surface area (TPSA) is 347 Å². The molecule has 1 saturated carbocycles. The van der Waals surface area contributed by atoms with Gasteiger partial charge in [0.1, 0.15) is 67.8 Å². The van der Waals surface area contributed by atoms with Crippen molar-refractivity contribution >= 4 is 0 Å². The second-order valence-corrected chi connectivity index (χ2v) is 10.8. The van der Waals surface area contributed by atoms with Crippen LogP contribution in [0.25, 0.3) is 0 Å². The third kappa shape index (κ3) is 7.90. The van der Waals surface area contributed by atoms with E-state index in [9.17, 15) is 40.9 Å². The first-order chi connectivity index (χ1) is 19.9. The van der Waals surface area contributed by atoms with E-state index in [2.05, 4.69) is 0 Å². The average Bonchev–Trinajstić information content (AvgIpc) is 2.98. The Balaban J connectivity index is 1.65. The number of rotatable bonds is 13. The molecule has 0 spiro atoms. The maximum absolute atomic E-state index is 10.8. The summed E-state index contributed by atoms with van der Waals surface area (Å²) in [4.78, 5) is 0. The molecule has 17 atom stereocenters. The lowest BCUT2D eigenvalue weighted by atomic mass is 9.84. The Bertz CT molecular complexity index is 807. The molecule has 0 radical (unpaired) electrons. The van der Waals surface area contributed by atoms with Crippen LogP contribution in [0.1, 0.15) is 6.42 Å². The highest BCUT2D eigenvalue weighted by molar-refractivity contribution is 5.00. The summed E-state index contributed by atoms with van der Waals surface area (Å²) in [5, 5.41) is 80.7. The van der Waals surface area contributed by atoms with Gasteiger partial charge in [0, 0.05) is 18.6 Å². The van der Waals surface area contributed by atoms with E-state index in [4.69, 9.17) is 57.1 Å². The van der Waals surface area contributed by atoms with Crippen LogP contribution in [0.15, 0.2) is 0 Å². The quantitative estimate of drug-likeness (QED) is 0.0853. The van der Waals surface area contributed by atoms with Crippen LogP contribution in [0.2, 0.25) is 0 Å². The van der Waals surface area contributed by atoms with Gasteiger partial charge in [-0.05, 0) is 6.42 Å². The molecule has 19 nitrogen and oxygen atoms in total. The molecule has 19 heteroatoms. The van der Waals surface area contributed by atoms with Crippen molar-refractivity contribution < 1.29 is 69.3 Å². The van der Waals surface area contributed by atoms with Crippen molar-refractivity contribution in [1.82, 2.24) is 0 Å². The van der Waals surface area contributed by atoms with Crippen LogP contribution < -0.4 is 28.7 Å². The van der Waals surface area contributed by atoms with Crippen molar-refractivity contribution in [2.24, 2.45) is 28.7 Å². The van der Waals surface area contributed by atoms with Crippen LogP contribution in [0.4, 0.5) is 0 Å². The fraction of sp³-hybridized carbons (Fsp3) is 1.00. The molecule has 3 aliphatic rings. The Morgan fingerprint density at radius 3 is 1.83 bits per heavy atom. The number of hydrogen-bond donors (Lipinski definition) is 13. The first kappa shape index (κ1) is 35.7. The van der Waals surface area contributed by atoms with E-state index in [1.807, 2.05) is 0 Å². The average molecular weight is 618 g/mol. The fourth-order valence-electron chi connectivity index (χ4n) is 5.20. The van der Waals surface area contributed by atoms with Gasteiger partial charge < -0.3 is 97.9 Å². The molecule has 248 valence electrons. The van der Waals surface area contributed by atoms with Gasteiger partial charge in [-0.3, -0.25) is 0 Å². The van der Waals surface area contributed by atoms with Crippen LogP contribution in [0.5, 0.6) is 0 Å². The van der Waals surface area contributed by atoms with E-state index < -0.39 is 131 Å². The minimum Gasteiger partial charge on any atom is -0.394 e. The normalized spacial score (nSPS) is 46.4. The SMILES string of the molecule is NCC1O[C@H](OC(CO)[C@@H](CO)OCOC2C(O)[C@H](N)CC(N)[C@H]2O[C@H]2OC(CO)[C@@H](O)C(O)C2N)C(N)C(O)[C@@H]1O. The van der Waals surface area contributed by atoms with Crippen molar-refractivity contribution in [2.45, 2.75) is 110 Å². The van der Waals surface area contributed by atoms with Gasteiger partial charge in [0.25, 0.3) is 0 Å². The molecule has 2 aliphatic heterocycles. The molecule has 0 aromatic rings. The van der Waals surface area contributed by atoms with Crippen LogP contribution in [-0.2, 0) is 28.4 Å². The number of nitrogens with two attached hydrogens (primary N) is 5. The smallest absolute Gasteiger partial charge is 0.176 e. The van der Waals surface area contributed by atoms with E-state index in [0.29, 0.717) is 0 Å². The van der Waals surface area contributed by atoms with E-state index in [-0.39, 0.29) is 13.0 Å². The Kier molecular flexibility index (Phi) is 13.6. The maximum Gasteiger partial charge on any atom is 0.176 e. The lowest BCUT2D eigenvalue weighted by Crippen LogP contribution is -2.67. The summed E-state index contributed by atoms with van der Waals surface area (Å²) >= 11 is 0. The Hall–Kier alpha value is -0.760. The Morgan fingerprint density at radius 1 is 0.690 bits per heavy atom. The van der Waals surface area contributed by atoms with Crippen LogP contribution >= 0.6 is 0 Å². The van der Waals surface area contributed by atoms with Gasteiger partial charge in [0.15, 0.2) is 12.6 Å². The highest BCUT2D eigenvalue weighted by Crippen LogP contribution is 2.29. The number of ether oxygens (including phenoxy) is 6. The number of aliphatic hydroxyl groups is 8. The summed E-state index contributed by atoms with van der Waals surface area (Å²) in [6.45, 7) is -2.76. The summed E-state index contributed by atoms with van der Waals surface area (Å²) in [7, 11) is 0. The largest absolute Gasteiger partial charge is 0.394 e. The monoisotopic (exact) mass is 617 g/mol. The predicted molar refractivity (Wildman–Crippen MR) is 139 cm³/mol.